The summed E-state index contributed by atoms with van der Waals surface area (Å²) < 4.78 is 15.6. The fourth-order valence-corrected chi connectivity index (χ4v) is 2.01. The number of rotatable bonds is 9. The standard InChI is InChI=1S/C13H23NO6/c1-2-18-7-8-20-11-3-5-14(6-4-11)12(15)9-19-10-13(16)17/h11H,2-10H2,1H3,(H,16,17). The maximum Gasteiger partial charge on any atom is 0.329 e. The average Bonchev–Trinajstić information content (AvgIpc) is 2.44. The van der Waals surface area contributed by atoms with Gasteiger partial charge in [-0.15, -0.1) is 0 Å². The highest BCUT2D eigenvalue weighted by Gasteiger charge is 2.23. The van der Waals surface area contributed by atoms with Gasteiger partial charge >= 0.3 is 5.97 Å². The molecule has 1 amide bonds. The van der Waals surface area contributed by atoms with Crippen molar-refractivity contribution in [3.8, 4) is 0 Å². The highest BCUT2D eigenvalue weighted by atomic mass is 16.5. The smallest absolute Gasteiger partial charge is 0.329 e. The van der Waals surface area contributed by atoms with Crippen LogP contribution in [-0.4, -0.2) is 74.1 Å². The Bertz CT molecular complexity index is 301. The summed E-state index contributed by atoms with van der Waals surface area (Å²) in [6.07, 6.45) is 1.74. The molecule has 1 heterocycles. The lowest BCUT2D eigenvalue weighted by Gasteiger charge is -2.31. The van der Waals surface area contributed by atoms with Crippen LogP contribution in [-0.2, 0) is 23.8 Å². The lowest BCUT2D eigenvalue weighted by atomic mass is 10.1. The number of hydrogen-bond acceptors (Lipinski definition) is 5. The summed E-state index contributed by atoms with van der Waals surface area (Å²) in [5, 5.41) is 8.42. The van der Waals surface area contributed by atoms with Crippen LogP contribution in [0.15, 0.2) is 0 Å². The third-order valence-electron chi connectivity index (χ3n) is 3.03. The largest absolute Gasteiger partial charge is 0.480 e. The van der Waals surface area contributed by atoms with E-state index in [1.165, 1.54) is 0 Å². The van der Waals surface area contributed by atoms with Gasteiger partial charge in [-0.3, -0.25) is 4.79 Å². The number of carbonyl (C=O) groups excluding carboxylic acids is 1. The van der Waals surface area contributed by atoms with Gasteiger partial charge in [0, 0.05) is 19.7 Å². The number of aliphatic carboxylic acids is 1. The summed E-state index contributed by atoms with van der Waals surface area (Å²) in [6, 6.07) is 0. The van der Waals surface area contributed by atoms with Crippen LogP contribution in [0.25, 0.3) is 0 Å². The van der Waals surface area contributed by atoms with Gasteiger partial charge in [-0.05, 0) is 19.8 Å². The van der Waals surface area contributed by atoms with E-state index >= 15 is 0 Å². The molecular formula is C13H23NO6. The first kappa shape index (κ1) is 16.9. The number of piperidine rings is 1. The lowest BCUT2D eigenvalue weighted by molar-refractivity contribution is -0.146. The van der Waals surface area contributed by atoms with Crippen LogP contribution in [0.5, 0.6) is 0 Å². The van der Waals surface area contributed by atoms with E-state index < -0.39 is 12.6 Å². The third kappa shape index (κ3) is 6.83. The number of amides is 1. The van der Waals surface area contributed by atoms with Gasteiger partial charge in [-0.2, -0.15) is 0 Å². The topological polar surface area (TPSA) is 85.3 Å². The zero-order valence-electron chi connectivity index (χ0n) is 11.9. The predicted molar refractivity (Wildman–Crippen MR) is 70.5 cm³/mol. The minimum Gasteiger partial charge on any atom is -0.480 e. The SMILES string of the molecule is CCOCCOC1CCN(C(=O)COCC(=O)O)CC1. The molecule has 1 aliphatic rings. The first-order chi connectivity index (χ1) is 9.63. The molecule has 7 nitrogen and oxygen atoms in total. The van der Waals surface area contributed by atoms with E-state index in [1.54, 1.807) is 4.90 Å². The van der Waals surface area contributed by atoms with Crippen LogP contribution >= 0.6 is 0 Å². The Balaban J connectivity index is 2.11. The molecule has 0 spiro atoms. The zero-order chi connectivity index (χ0) is 14.8. The van der Waals surface area contributed by atoms with E-state index in [1.807, 2.05) is 6.92 Å². The van der Waals surface area contributed by atoms with Crippen molar-refractivity contribution in [1.29, 1.82) is 0 Å². The van der Waals surface area contributed by atoms with Crippen molar-refractivity contribution in [2.45, 2.75) is 25.9 Å². The minimum atomic E-state index is -1.07. The van der Waals surface area contributed by atoms with Crippen molar-refractivity contribution in [3.05, 3.63) is 0 Å². The van der Waals surface area contributed by atoms with Crippen molar-refractivity contribution < 1.29 is 28.9 Å². The molecule has 1 saturated heterocycles. The van der Waals surface area contributed by atoms with Gasteiger partial charge < -0.3 is 24.2 Å². The number of carboxylic acids is 1. The van der Waals surface area contributed by atoms with Crippen molar-refractivity contribution in [2.75, 3.05) is 46.1 Å². The first-order valence-electron chi connectivity index (χ1n) is 6.90. The van der Waals surface area contributed by atoms with Crippen LogP contribution in [0.4, 0.5) is 0 Å². The van der Waals surface area contributed by atoms with Crippen molar-refractivity contribution in [2.24, 2.45) is 0 Å². The summed E-state index contributed by atoms with van der Waals surface area (Å²) in [5.41, 5.74) is 0. The van der Waals surface area contributed by atoms with Gasteiger partial charge in [0.15, 0.2) is 0 Å². The fraction of sp³-hybridized carbons (Fsp3) is 0.846. The molecule has 1 aliphatic heterocycles. The summed E-state index contributed by atoms with van der Waals surface area (Å²) >= 11 is 0. The molecule has 0 aliphatic carbocycles. The van der Waals surface area contributed by atoms with Crippen molar-refractivity contribution in [1.82, 2.24) is 4.90 Å². The normalized spacial score (nSPS) is 16.4. The van der Waals surface area contributed by atoms with E-state index in [0.29, 0.717) is 32.9 Å². The molecule has 0 unspecified atom stereocenters. The van der Waals surface area contributed by atoms with Crippen LogP contribution < -0.4 is 0 Å². The zero-order valence-corrected chi connectivity index (χ0v) is 11.9. The number of carboxylic acid groups (broad SMARTS) is 1. The molecular weight excluding hydrogens is 266 g/mol. The molecule has 0 bridgehead atoms. The third-order valence-corrected chi connectivity index (χ3v) is 3.03. The molecule has 1 rings (SSSR count). The number of carbonyl (C=O) groups is 2. The Labute approximate surface area is 118 Å². The Morgan fingerprint density at radius 1 is 1.15 bits per heavy atom. The number of likely N-dealkylation sites (tertiary alicyclic amines) is 1. The molecule has 0 aromatic heterocycles. The van der Waals surface area contributed by atoms with Gasteiger partial charge in [-0.25, -0.2) is 4.79 Å². The number of ether oxygens (including phenoxy) is 3. The Morgan fingerprint density at radius 2 is 1.85 bits per heavy atom. The van der Waals surface area contributed by atoms with E-state index in [9.17, 15) is 9.59 Å². The predicted octanol–water partition coefficient (Wildman–Crippen LogP) is 0.132. The van der Waals surface area contributed by atoms with Crippen LogP contribution in [0.3, 0.4) is 0 Å². The molecule has 0 atom stereocenters. The number of hydrogen-bond donors (Lipinski definition) is 1. The van der Waals surface area contributed by atoms with Crippen molar-refractivity contribution >= 4 is 11.9 Å². The maximum absolute atomic E-state index is 11.7. The molecule has 116 valence electrons. The molecule has 7 heteroatoms. The molecule has 0 radical (unpaired) electrons. The lowest BCUT2D eigenvalue weighted by Crippen LogP contribution is -2.42. The second-order valence-electron chi connectivity index (χ2n) is 4.53. The molecule has 0 saturated carbocycles. The second kappa shape index (κ2) is 9.68. The van der Waals surface area contributed by atoms with Gasteiger partial charge in [-0.1, -0.05) is 0 Å². The van der Waals surface area contributed by atoms with E-state index in [0.717, 1.165) is 12.8 Å². The Hall–Kier alpha value is -1.18. The summed E-state index contributed by atoms with van der Waals surface area (Å²) in [6.45, 7) is 4.42. The highest BCUT2D eigenvalue weighted by molar-refractivity contribution is 5.78. The van der Waals surface area contributed by atoms with Crippen LogP contribution in [0.1, 0.15) is 19.8 Å². The van der Waals surface area contributed by atoms with Crippen LogP contribution in [0.2, 0.25) is 0 Å². The minimum absolute atomic E-state index is 0.166. The van der Waals surface area contributed by atoms with Crippen molar-refractivity contribution in [3.63, 3.8) is 0 Å². The van der Waals surface area contributed by atoms with Gasteiger partial charge in [0.1, 0.15) is 13.2 Å². The van der Waals surface area contributed by atoms with Crippen LogP contribution in [0, 0.1) is 0 Å². The monoisotopic (exact) mass is 289 g/mol. The summed E-state index contributed by atoms with van der Waals surface area (Å²) in [4.78, 5) is 23.7. The highest BCUT2D eigenvalue weighted by Crippen LogP contribution is 2.13. The molecule has 0 aromatic rings. The van der Waals surface area contributed by atoms with E-state index in [2.05, 4.69) is 0 Å². The molecule has 0 aromatic carbocycles. The fourth-order valence-electron chi connectivity index (χ4n) is 2.01. The quantitative estimate of drug-likeness (QED) is 0.607. The first-order valence-corrected chi connectivity index (χ1v) is 6.90. The maximum atomic E-state index is 11.7. The summed E-state index contributed by atoms with van der Waals surface area (Å²) in [7, 11) is 0. The average molecular weight is 289 g/mol. The summed E-state index contributed by atoms with van der Waals surface area (Å²) in [5.74, 6) is -1.24. The second-order valence-corrected chi connectivity index (χ2v) is 4.53. The van der Waals surface area contributed by atoms with Gasteiger partial charge in [0.25, 0.3) is 0 Å². The number of nitrogens with zero attached hydrogens (tertiary/aromatic N) is 1. The Kier molecular flexibility index (Phi) is 8.17. The van der Waals surface area contributed by atoms with Gasteiger partial charge in [0.2, 0.25) is 5.91 Å². The molecule has 1 fully saturated rings. The molecule has 1 N–H and O–H groups in total. The van der Waals surface area contributed by atoms with Gasteiger partial charge in [0.05, 0.1) is 19.3 Å². The Morgan fingerprint density at radius 3 is 2.45 bits per heavy atom. The van der Waals surface area contributed by atoms with E-state index in [-0.39, 0.29) is 18.6 Å². The van der Waals surface area contributed by atoms with E-state index in [4.69, 9.17) is 19.3 Å². The molecule has 20 heavy (non-hydrogen) atoms.